The van der Waals surface area contributed by atoms with Gasteiger partial charge >= 0.3 is 0 Å². The van der Waals surface area contributed by atoms with E-state index in [1.54, 1.807) is 0 Å². The van der Waals surface area contributed by atoms with Crippen molar-refractivity contribution < 1.29 is 4.42 Å². The van der Waals surface area contributed by atoms with Gasteiger partial charge in [-0.1, -0.05) is 103 Å². The van der Waals surface area contributed by atoms with E-state index in [0.29, 0.717) is 11.3 Å². The number of furan rings is 1. The lowest BCUT2D eigenvalue weighted by atomic mass is 9.97. The Kier molecular flexibility index (Phi) is 5.51. The first kappa shape index (κ1) is 26.1. The molecule has 0 aliphatic carbocycles. The summed E-state index contributed by atoms with van der Waals surface area (Å²) in [5, 5.41) is 6.87. The second-order valence-corrected chi connectivity index (χ2v) is 13.0. The van der Waals surface area contributed by atoms with Gasteiger partial charge in [-0.3, -0.25) is 0 Å². The Bertz CT molecular complexity index is 2920. The molecule has 3 nitrogen and oxygen atoms in total. The molecule has 10 rings (SSSR count). The average molecular weight is 617 g/mol. The highest BCUT2D eigenvalue weighted by Gasteiger charge is 2.21. The van der Waals surface area contributed by atoms with Crippen LogP contribution in [0, 0.1) is 6.57 Å². The van der Waals surface area contributed by atoms with Crippen LogP contribution in [0.2, 0.25) is 0 Å². The van der Waals surface area contributed by atoms with Crippen molar-refractivity contribution in [3.8, 4) is 27.9 Å². The molecule has 3 aromatic heterocycles. The number of nitrogens with zero attached hydrogens (tertiary/aromatic N) is 2. The quantitative estimate of drug-likeness (QED) is 0.181. The minimum atomic E-state index is 0.516. The molecule has 0 aliphatic rings. The highest BCUT2D eigenvalue weighted by molar-refractivity contribution is 7.25. The fraction of sp³-hybridized carbons (Fsp3) is 0. The molecule has 0 atom stereocenters. The molecule has 47 heavy (non-hydrogen) atoms. The lowest BCUT2D eigenvalue weighted by molar-refractivity contribution is 0.668. The third-order valence-electron chi connectivity index (χ3n) is 9.43. The molecule has 0 N–H and O–H groups in total. The molecular formula is C43H24N2OS. The van der Waals surface area contributed by atoms with Gasteiger partial charge < -0.3 is 8.98 Å². The Balaban J connectivity index is 1.25. The zero-order valence-electron chi connectivity index (χ0n) is 25.1. The standard InChI is InChI=1S/C43H24N2OS/c1-44-35-21-20-29(28-19-23-40-34(25-28)31-13-6-8-17-39(31)47-40)41-32-14-9-16-38(42(32)46-43(35)41)45-36-15-7-5-12-30(36)33-24-27(18-22-37(33)45)26-10-3-2-4-11-26/h2-25H. The molecule has 0 fully saturated rings. The molecule has 218 valence electrons. The molecule has 3 heterocycles. The second kappa shape index (κ2) is 9.92. The van der Waals surface area contributed by atoms with Gasteiger partial charge in [0.25, 0.3) is 0 Å². The summed E-state index contributed by atoms with van der Waals surface area (Å²) in [5.41, 5.74) is 9.65. The van der Waals surface area contributed by atoms with Crippen LogP contribution >= 0.6 is 11.3 Å². The number of hydrogen-bond acceptors (Lipinski definition) is 2. The van der Waals surface area contributed by atoms with Gasteiger partial charge in [0, 0.05) is 41.7 Å². The fourth-order valence-electron chi connectivity index (χ4n) is 7.31. The van der Waals surface area contributed by atoms with E-state index in [1.165, 1.54) is 42.1 Å². The van der Waals surface area contributed by atoms with Gasteiger partial charge in [-0.15, -0.1) is 11.3 Å². The summed E-state index contributed by atoms with van der Waals surface area (Å²) in [7, 11) is 0. The van der Waals surface area contributed by atoms with Crippen LogP contribution in [0.15, 0.2) is 150 Å². The first-order valence-electron chi connectivity index (χ1n) is 15.6. The van der Waals surface area contributed by atoms with E-state index in [4.69, 9.17) is 11.0 Å². The minimum Gasteiger partial charge on any atom is -0.465 e. The van der Waals surface area contributed by atoms with Gasteiger partial charge in [0.2, 0.25) is 5.69 Å². The molecule has 4 heteroatoms. The van der Waals surface area contributed by atoms with Crippen molar-refractivity contribution >= 4 is 80.9 Å². The molecule has 0 saturated carbocycles. The van der Waals surface area contributed by atoms with Crippen molar-refractivity contribution in [1.29, 1.82) is 0 Å². The summed E-state index contributed by atoms with van der Waals surface area (Å²) < 4.78 is 11.7. The number of thiophene rings is 1. The van der Waals surface area contributed by atoms with Crippen LogP contribution in [0.25, 0.3) is 96.7 Å². The predicted octanol–water partition coefficient (Wildman–Crippen LogP) is 12.9. The minimum absolute atomic E-state index is 0.516. The van der Waals surface area contributed by atoms with Crippen LogP contribution in [0.3, 0.4) is 0 Å². The van der Waals surface area contributed by atoms with Crippen LogP contribution in [-0.2, 0) is 0 Å². The number of para-hydroxylation sites is 2. The summed E-state index contributed by atoms with van der Waals surface area (Å²) in [6.45, 7) is 8.01. The van der Waals surface area contributed by atoms with E-state index in [9.17, 15) is 0 Å². The van der Waals surface area contributed by atoms with Gasteiger partial charge in [0.15, 0.2) is 5.58 Å². The highest BCUT2D eigenvalue weighted by atomic mass is 32.1. The normalized spacial score (nSPS) is 11.8. The van der Waals surface area contributed by atoms with Gasteiger partial charge in [-0.2, -0.15) is 0 Å². The molecule has 10 aromatic rings. The van der Waals surface area contributed by atoms with Crippen molar-refractivity contribution in [3.05, 3.63) is 157 Å². The van der Waals surface area contributed by atoms with Crippen LogP contribution in [0.1, 0.15) is 0 Å². The number of hydrogen-bond donors (Lipinski definition) is 0. The van der Waals surface area contributed by atoms with Crippen molar-refractivity contribution in [3.63, 3.8) is 0 Å². The lowest BCUT2D eigenvalue weighted by Crippen LogP contribution is -1.94. The summed E-state index contributed by atoms with van der Waals surface area (Å²) in [6.07, 6.45) is 0. The summed E-state index contributed by atoms with van der Waals surface area (Å²) >= 11 is 1.82. The third-order valence-corrected chi connectivity index (χ3v) is 10.6. The molecule has 0 aliphatic heterocycles. The monoisotopic (exact) mass is 616 g/mol. The van der Waals surface area contributed by atoms with Crippen LogP contribution < -0.4 is 0 Å². The predicted molar refractivity (Wildman–Crippen MR) is 198 cm³/mol. The smallest absolute Gasteiger partial charge is 0.229 e. The van der Waals surface area contributed by atoms with Crippen molar-refractivity contribution in [1.82, 2.24) is 4.57 Å². The van der Waals surface area contributed by atoms with E-state index in [2.05, 4.69) is 149 Å². The molecular weight excluding hydrogens is 593 g/mol. The molecule has 0 unspecified atom stereocenters. The van der Waals surface area contributed by atoms with E-state index in [-0.39, 0.29) is 0 Å². The molecule has 0 bridgehead atoms. The van der Waals surface area contributed by atoms with E-state index in [0.717, 1.165) is 44.2 Å². The molecule has 0 radical (unpaired) electrons. The maximum Gasteiger partial charge on any atom is 0.229 e. The SMILES string of the molecule is [C-]#[N+]c1ccc(-c2ccc3sc4ccccc4c3c2)c2c1oc1c(-n3c4ccccc4c4cc(-c5ccccc5)ccc43)cccc12. The Morgan fingerprint density at radius 2 is 1.23 bits per heavy atom. The largest absolute Gasteiger partial charge is 0.465 e. The topological polar surface area (TPSA) is 22.4 Å². The summed E-state index contributed by atoms with van der Waals surface area (Å²) in [4.78, 5) is 3.89. The Morgan fingerprint density at radius 1 is 0.511 bits per heavy atom. The molecule has 0 spiro atoms. The molecule has 7 aromatic carbocycles. The molecule has 0 saturated heterocycles. The Morgan fingerprint density at radius 3 is 2.13 bits per heavy atom. The molecule has 0 amide bonds. The van der Waals surface area contributed by atoms with Gasteiger partial charge in [0.1, 0.15) is 5.58 Å². The van der Waals surface area contributed by atoms with Crippen molar-refractivity contribution in [2.24, 2.45) is 0 Å². The number of rotatable bonds is 3. The first-order chi connectivity index (χ1) is 23.3. The van der Waals surface area contributed by atoms with Crippen molar-refractivity contribution in [2.75, 3.05) is 0 Å². The zero-order chi connectivity index (χ0) is 31.1. The number of benzene rings is 7. The summed E-state index contributed by atoms with van der Waals surface area (Å²) in [6, 6.07) is 51.4. The maximum absolute atomic E-state index is 8.01. The number of fused-ring (bicyclic) bond motifs is 9. The van der Waals surface area contributed by atoms with E-state index < -0.39 is 0 Å². The van der Waals surface area contributed by atoms with E-state index in [1.807, 2.05) is 17.4 Å². The average Bonchev–Trinajstić information content (AvgIpc) is 3.81. The second-order valence-electron chi connectivity index (χ2n) is 12.0. The van der Waals surface area contributed by atoms with Gasteiger partial charge in [-0.05, 0) is 64.7 Å². The fourth-order valence-corrected chi connectivity index (χ4v) is 8.40. The Hall–Kier alpha value is -6.15. The lowest BCUT2D eigenvalue weighted by Gasteiger charge is -2.09. The first-order valence-corrected chi connectivity index (χ1v) is 16.4. The highest BCUT2D eigenvalue weighted by Crippen LogP contribution is 2.46. The van der Waals surface area contributed by atoms with Crippen LogP contribution in [-0.4, -0.2) is 4.57 Å². The summed E-state index contributed by atoms with van der Waals surface area (Å²) in [5.74, 6) is 0. The van der Waals surface area contributed by atoms with Gasteiger partial charge in [0.05, 0.1) is 23.3 Å². The third kappa shape index (κ3) is 3.78. The maximum atomic E-state index is 8.01. The van der Waals surface area contributed by atoms with Crippen molar-refractivity contribution in [2.45, 2.75) is 0 Å². The number of aromatic nitrogens is 1. The van der Waals surface area contributed by atoms with Gasteiger partial charge in [-0.25, -0.2) is 4.85 Å². The van der Waals surface area contributed by atoms with Crippen LogP contribution in [0.4, 0.5) is 5.69 Å². The Labute approximate surface area is 274 Å². The van der Waals surface area contributed by atoms with Crippen LogP contribution in [0.5, 0.6) is 0 Å². The van der Waals surface area contributed by atoms with E-state index >= 15 is 0 Å². The zero-order valence-corrected chi connectivity index (χ0v) is 25.9.